The Labute approximate surface area is 132 Å². The fourth-order valence-corrected chi connectivity index (χ4v) is 3.53. The third-order valence-electron chi connectivity index (χ3n) is 4.74. The molecule has 3 rings (SSSR count). The summed E-state index contributed by atoms with van der Waals surface area (Å²) >= 11 is 0. The zero-order chi connectivity index (χ0) is 15.3. The van der Waals surface area contributed by atoms with E-state index in [0.29, 0.717) is 12.5 Å². The van der Waals surface area contributed by atoms with Gasteiger partial charge in [-0.05, 0) is 24.8 Å². The molecule has 1 atom stereocenters. The summed E-state index contributed by atoms with van der Waals surface area (Å²) in [6.07, 6.45) is 5.49. The molecule has 1 aromatic carbocycles. The number of nitrogens with zero attached hydrogens (tertiary/aromatic N) is 1. The van der Waals surface area contributed by atoms with Gasteiger partial charge in [-0.15, -0.1) is 0 Å². The predicted octanol–water partition coefficient (Wildman–Crippen LogP) is 3.31. The first kappa shape index (κ1) is 15.5. The lowest BCUT2D eigenvalue weighted by atomic mass is 9.88. The van der Waals surface area contributed by atoms with Crippen LogP contribution in [0.15, 0.2) is 30.3 Å². The number of hydrogen-bond acceptors (Lipinski definition) is 4. The molecule has 0 bridgehead atoms. The lowest BCUT2D eigenvalue weighted by Crippen LogP contribution is -2.43. The molecule has 1 aliphatic heterocycles. The van der Waals surface area contributed by atoms with Crippen molar-refractivity contribution in [3.05, 3.63) is 35.9 Å². The van der Waals surface area contributed by atoms with Gasteiger partial charge in [0, 0.05) is 31.3 Å². The Morgan fingerprint density at radius 3 is 2.50 bits per heavy atom. The molecule has 22 heavy (non-hydrogen) atoms. The van der Waals surface area contributed by atoms with Crippen molar-refractivity contribution in [3.8, 4) is 6.07 Å². The van der Waals surface area contributed by atoms with E-state index >= 15 is 0 Å². The van der Waals surface area contributed by atoms with Crippen LogP contribution < -0.4 is 5.32 Å². The molecule has 4 nitrogen and oxygen atoms in total. The summed E-state index contributed by atoms with van der Waals surface area (Å²) < 4.78 is 11.6. The molecule has 1 spiro atoms. The SMILES string of the molecule is N#CCC[C@@H](NC1CCC2(CC1)OCCO2)c1ccccc1. The van der Waals surface area contributed by atoms with Gasteiger partial charge >= 0.3 is 0 Å². The van der Waals surface area contributed by atoms with Crippen LogP contribution in [0, 0.1) is 11.3 Å². The van der Waals surface area contributed by atoms with E-state index in [1.54, 1.807) is 0 Å². The molecule has 1 N–H and O–H groups in total. The second-order valence-corrected chi connectivity index (χ2v) is 6.21. The van der Waals surface area contributed by atoms with Gasteiger partial charge in [0.05, 0.1) is 19.3 Å². The first-order chi connectivity index (χ1) is 10.8. The van der Waals surface area contributed by atoms with Crippen LogP contribution in [0.3, 0.4) is 0 Å². The lowest BCUT2D eigenvalue weighted by molar-refractivity contribution is -0.179. The summed E-state index contributed by atoms with van der Waals surface area (Å²) in [5.41, 5.74) is 1.27. The summed E-state index contributed by atoms with van der Waals surface area (Å²) in [5, 5.41) is 12.6. The number of nitrogens with one attached hydrogen (secondary N) is 1. The van der Waals surface area contributed by atoms with Crippen LogP contribution in [0.1, 0.15) is 50.1 Å². The molecule has 0 unspecified atom stereocenters. The average molecular weight is 300 g/mol. The largest absolute Gasteiger partial charge is 0.348 e. The van der Waals surface area contributed by atoms with E-state index in [1.807, 2.05) is 6.07 Å². The Morgan fingerprint density at radius 1 is 1.18 bits per heavy atom. The number of hydrogen-bond donors (Lipinski definition) is 1. The van der Waals surface area contributed by atoms with Crippen molar-refractivity contribution >= 4 is 0 Å². The topological polar surface area (TPSA) is 54.3 Å². The molecule has 1 heterocycles. The summed E-state index contributed by atoms with van der Waals surface area (Å²) in [5.74, 6) is -0.299. The highest BCUT2D eigenvalue weighted by Gasteiger charge is 2.40. The van der Waals surface area contributed by atoms with Gasteiger partial charge in [0.15, 0.2) is 5.79 Å². The van der Waals surface area contributed by atoms with Crippen molar-refractivity contribution in [2.45, 2.75) is 56.4 Å². The molecule has 4 heteroatoms. The van der Waals surface area contributed by atoms with Gasteiger partial charge in [0.1, 0.15) is 0 Å². The fraction of sp³-hybridized carbons (Fsp3) is 0.611. The van der Waals surface area contributed by atoms with Crippen molar-refractivity contribution in [2.75, 3.05) is 13.2 Å². The second-order valence-electron chi connectivity index (χ2n) is 6.21. The van der Waals surface area contributed by atoms with Gasteiger partial charge < -0.3 is 14.8 Å². The summed E-state index contributed by atoms with van der Waals surface area (Å²) in [4.78, 5) is 0. The van der Waals surface area contributed by atoms with Crippen LogP contribution in [0.2, 0.25) is 0 Å². The number of nitriles is 1. The van der Waals surface area contributed by atoms with Crippen LogP contribution >= 0.6 is 0 Å². The van der Waals surface area contributed by atoms with Crippen molar-refractivity contribution in [2.24, 2.45) is 0 Å². The Hall–Kier alpha value is -1.41. The third kappa shape index (κ3) is 3.67. The monoisotopic (exact) mass is 300 g/mol. The highest BCUT2D eigenvalue weighted by atomic mass is 16.7. The molecule has 0 aromatic heterocycles. The molecule has 0 radical (unpaired) electrons. The average Bonchev–Trinajstić information content (AvgIpc) is 3.02. The van der Waals surface area contributed by atoms with E-state index in [-0.39, 0.29) is 11.8 Å². The molecule has 2 fully saturated rings. The van der Waals surface area contributed by atoms with Crippen LogP contribution in [0.5, 0.6) is 0 Å². The predicted molar refractivity (Wildman–Crippen MR) is 84.1 cm³/mol. The molecule has 1 saturated carbocycles. The summed E-state index contributed by atoms with van der Waals surface area (Å²) in [6, 6.07) is 13.4. The molecule has 1 aromatic rings. The van der Waals surface area contributed by atoms with E-state index in [1.165, 1.54) is 5.56 Å². The van der Waals surface area contributed by atoms with Gasteiger partial charge in [-0.3, -0.25) is 0 Å². The maximum absolute atomic E-state index is 8.90. The van der Waals surface area contributed by atoms with E-state index in [0.717, 1.165) is 45.3 Å². The zero-order valence-electron chi connectivity index (χ0n) is 13.0. The maximum Gasteiger partial charge on any atom is 0.168 e. The Kier molecular flexibility index (Phi) is 5.09. The minimum absolute atomic E-state index is 0.255. The Balaban J connectivity index is 1.58. The van der Waals surface area contributed by atoms with Crippen LogP contribution in [-0.4, -0.2) is 25.0 Å². The van der Waals surface area contributed by atoms with E-state index in [9.17, 15) is 0 Å². The molecular formula is C18H24N2O2. The van der Waals surface area contributed by atoms with Crippen molar-refractivity contribution in [3.63, 3.8) is 0 Å². The van der Waals surface area contributed by atoms with Gasteiger partial charge in [0.2, 0.25) is 0 Å². The fourth-order valence-electron chi connectivity index (χ4n) is 3.53. The van der Waals surface area contributed by atoms with Gasteiger partial charge in [-0.1, -0.05) is 30.3 Å². The standard InChI is InChI=1S/C18H24N2O2/c19-12-4-7-17(15-5-2-1-3-6-15)20-16-8-10-18(11-9-16)21-13-14-22-18/h1-3,5-6,16-17,20H,4,7-11,13-14H2/t17-/m1/s1. The van der Waals surface area contributed by atoms with Gasteiger partial charge in [-0.2, -0.15) is 5.26 Å². The molecule has 2 aliphatic rings. The minimum Gasteiger partial charge on any atom is -0.348 e. The first-order valence-electron chi connectivity index (χ1n) is 8.27. The molecule has 1 saturated heterocycles. The highest BCUT2D eigenvalue weighted by molar-refractivity contribution is 5.19. The van der Waals surface area contributed by atoms with Gasteiger partial charge in [0.25, 0.3) is 0 Å². The molecular weight excluding hydrogens is 276 g/mol. The molecule has 118 valence electrons. The number of benzene rings is 1. The minimum atomic E-state index is -0.299. The highest BCUT2D eigenvalue weighted by Crippen LogP contribution is 2.36. The lowest BCUT2D eigenvalue weighted by Gasteiger charge is -2.37. The summed E-state index contributed by atoms with van der Waals surface area (Å²) in [7, 11) is 0. The zero-order valence-corrected chi connectivity index (χ0v) is 13.0. The van der Waals surface area contributed by atoms with Crippen LogP contribution in [-0.2, 0) is 9.47 Å². The number of rotatable bonds is 5. The van der Waals surface area contributed by atoms with Gasteiger partial charge in [-0.25, -0.2) is 0 Å². The van der Waals surface area contributed by atoms with Crippen molar-refractivity contribution in [1.82, 2.24) is 5.32 Å². The second kappa shape index (κ2) is 7.23. The van der Waals surface area contributed by atoms with Crippen LogP contribution in [0.25, 0.3) is 0 Å². The third-order valence-corrected chi connectivity index (χ3v) is 4.74. The van der Waals surface area contributed by atoms with E-state index in [2.05, 4.69) is 35.7 Å². The normalized spacial score (nSPS) is 22.5. The Morgan fingerprint density at radius 2 is 1.86 bits per heavy atom. The Bertz CT molecular complexity index is 496. The quantitative estimate of drug-likeness (QED) is 0.906. The first-order valence-corrected chi connectivity index (χ1v) is 8.27. The molecule has 1 aliphatic carbocycles. The van der Waals surface area contributed by atoms with Crippen LogP contribution in [0.4, 0.5) is 0 Å². The van der Waals surface area contributed by atoms with Crippen molar-refractivity contribution in [1.29, 1.82) is 5.26 Å². The van der Waals surface area contributed by atoms with E-state index in [4.69, 9.17) is 14.7 Å². The maximum atomic E-state index is 8.90. The van der Waals surface area contributed by atoms with Crippen molar-refractivity contribution < 1.29 is 9.47 Å². The summed E-state index contributed by atoms with van der Waals surface area (Å²) in [6.45, 7) is 1.46. The smallest absolute Gasteiger partial charge is 0.168 e. The van der Waals surface area contributed by atoms with E-state index < -0.39 is 0 Å². The molecule has 0 amide bonds. The number of ether oxygens (including phenoxy) is 2.